The second kappa shape index (κ2) is 10.7. The molecule has 0 bridgehead atoms. The highest BCUT2D eigenvalue weighted by Gasteiger charge is 2.18. The minimum absolute atomic E-state index is 0.662. The molecule has 3 heterocycles. The number of nitrogens with zero attached hydrogens (tertiary/aromatic N) is 3. The summed E-state index contributed by atoms with van der Waals surface area (Å²) in [5, 5.41) is 12.7. The highest BCUT2D eigenvalue weighted by molar-refractivity contribution is 7.27. The van der Waals surface area contributed by atoms with Gasteiger partial charge in [-0.15, -0.1) is 22.7 Å². The molecule has 0 N–H and O–H groups in total. The van der Waals surface area contributed by atoms with Crippen LogP contribution in [0.25, 0.3) is 107 Å². The van der Waals surface area contributed by atoms with Crippen molar-refractivity contribution in [1.82, 2.24) is 15.0 Å². The standard InChI is InChI=1S/C45H25N3S2/c1-2-10-26(11-3-1)43-46-44(48-45(47-43)29-20-23-39-36(25-29)31-12-6-8-16-37(31)49-39)28-19-21-30-27(24-28)18-22-35-40(30)32-13-4-5-14-33(32)42-41(35)34-15-7-9-17-38(34)50-42/h1-25H. The van der Waals surface area contributed by atoms with Gasteiger partial charge in [0, 0.05) is 62.4 Å². The van der Waals surface area contributed by atoms with Crippen LogP contribution in [0.4, 0.5) is 0 Å². The molecule has 3 nitrogen and oxygen atoms in total. The molecular formula is C45H25N3S2. The Morgan fingerprint density at radius 3 is 1.70 bits per heavy atom. The van der Waals surface area contributed by atoms with Crippen molar-refractivity contribution in [3.8, 4) is 34.2 Å². The summed E-state index contributed by atoms with van der Waals surface area (Å²) >= 11 is 3.71. The van der Waals surface area contributed by atoms with E-state index in [0.717, 1.165) is 22.1 Å². The molecular weight excluding hydrogens is 647 g/mol. The number of aromatic nitrogens is 3. The Labute approximate surface area is 294 Å². The highest BCUT2D eigenvalue weighted by atomic mass is 32.1. The molecule has 0 amide bonds. The molecule has 0 radical (unpaired) electrons. The summed E-state index contributed by atoms with van der Waals surface area (Å²) in [6.45, 7) is 0. The number of thiophene rings is 2. The first-order valence-corrected chi connectivity index (χ1v) is 18.3. The Balaban J connectivity index is 1.14. The first-order valence-electron chi connectivity index (χ1n) is 16.7. The van der Waals surface area contributed by atoms with E-state index in [1.165, 1.54) is 67.3 Å². The third kappa shape index (κ3) is 4.18. The van der Waals surface area contributed by atoms with Crippen molar-refractivity contribution in [2.45, 2.75) is 0 Å². The monoisotopic (exact) mass is 671 g/mol. The van der Waals surface area contributed by atoms with E-state index in [1.807, 2.05) is 40.9 Å². The predicted molar refractivity (Wildman–Crippen MR) is 214 cm³/mol. The molecule has 0 aliphatic rings. The third-order valence-corrected chi connectivity index (χ3v) is 12.2. The molecule has 0 aliphatic heterocycles. The van der Waals surface area contributed by atoms with E-state index in [4.69, 9.17) is 15.0 Å². The molecule has 0 spiro atoms. The van der Waals surface area contributed by atoms with Gasteiger partial charge in [0.05, 0.1) is 0 Å². The third-order valence-electron chi connectivity index (χ3n) is 9.89. The van der Waals surface area contributed by atoms with Crippen LogP contribution in [-0.2, 0) is 0 Å². The summed E-state index contributed by atoms with van der Waals surface area (Å²) in [5.41, 5.74) is 2.91. The predicted octanol–water partition coefficient (Wildman–Crippen LogP) is 13.1. The fourth-order valence-corrected chi connectivity index (χ4v) is 9.93. The zero-order chi connectivity index (χ0) is 32.8. The minimum Gasteiger partial charge on any atom is -0.208 e. The van der Waals surface area contributed by atoms with E-state index in [9.17, 15) is 0 Å². The Kier molecular flexibility index (Phi) is 5.99. The quantitative estimate of drug-likeness (QED) is 0.176. The number of rotatable bonds is 3. The topological polar surface area (TPSA) is 38.7 Å². The molecule has 0 atom stereocenters. The molecule has 5 heteroatoms. The van der Waals surface area contributed by atoms with Gasteiger partial charge in [-0.05, 0) is 63.3 Å². The lowest BCUT2D eigenvalue weighted by Crippen LogP contribution is -2.00. The summed E-state index contributed by atoms with van der Waals surface area (Å²) in [6, 6.07) is 54.2. The van der Waals surface area contributed by atoms with Crippen molar-refractivity contribution in [3.63, 3.8) is 0 Å². The normalized spacial score (nSPS) is 12.0. The zero-order valence-corrected chi connectivity index (χ0v) is 28.2. The average Bonchev–Trinajstić information content (AvgIpc) is 3.76. The lowest BCUT2D eigenvalue weighted by atomic mass is 9.92. The van der Waals surface area contributed by atoms with Crippen molar-refractivity contribution in [1.29, 1.82) is 0 Å². The van der Waals surface area contributed by atoms with Gasteiger partial charge in [-0.3, -0.25) is 0 Å². The first-order chi connectivity index (χ1) is 24.8. The number of fused-ring (bicyclic) bond motifs is 13. The van der Waals surface area contributed by atoms with Crippen molar-refractivity contribution >= 4 is 95.3 Å². The van der Waals surface area contributed by atoms with Crippen LogP contribution < -0.4 is 0 Å². The maximum absolute atomic E-state index is 5.14. The minimum atomic E-state index is 0.662. The van der Waals surface area contributed by atoms with Gasteiger partial charge in [0.2, 0.25) is 0 Å². The number of hydrogen-bond donors (Lipinski definition) is 0. The molecule has 3 aromatic heterocycles. The van der Waals surface area contributed by atoms with Crippen LogP contribution in [0.1, 0.15) is 0 Å². The van der Waals surface area contributed by atoms with E-state index in [-0.39, 0.29) is 0 Å². The summed E-state index contributed by atoms with van der Waals surface area (Å²) < 4.78 is 5.21. The van der Waals surface area contributed by atoms with Crippen molar-refractivity contribution in [3.05, 3.63) is 152 Å². The zero-order valence-electron chi connectivity index (χ0n) is 26.6. The fourth-order valence-electron chi connectivity index (χ4n) is 7.58. The average molecular weight is 672 g/mol. The molecule has 11 rings (SSSR count). The van der Waals surface area contributed by atoms with E-state index in [2.05, 4.69) is 133 Å². The van der Waals surface area contributed by atoms with Gasteiger partial charge >= 0.3 is 0 Å². The molecule has 0 fully saturated rings. The Hall–Kier alpha value is -6.01. The molecule has 0 unspecified atom stereocenters. The van der Waals surface area contributed by atoms with Gasteiger partial charge in [0.15, 0.2) is 17.5 Å². The molecule has 0 saturated heterocycles. The Bertz CT molecular complexity index is 3160. The smallest absolute Gasteiger partial charge is 0.164 e. The summed E-state index contributed by atoms with van der Waals surface area (Å²) in [4.78, 5) is 15.2. The van der Waals surface area contributed by atoms with E-state index >= 15 is 0 Å². The van der Waals surface area contributed by atoms with Gasteiger partial charge in [-0.25, -0.2) is 15.0 Å². The van der Waals surface area contributed by atoms with Crippen molar-refractivity contribution in [2.24, 2.45) is 0 Å². The van der Waals surface area contributed by atoms with Crippen LogP contribution in [0.15, 0.2) is 152 Å². The van der Waals surface area contributed by atoms with E-state index < -0.39 is 0 Å². The van der Waals surface area contributed by atoms with Crippen LogP contribution >= 0.6 is 22.7 Å². The van der Waals surface area contributed by atoms with Crippen molar-refractivity contribution < 1.29 is 0 Å². The Morgan fingerprint density at radius 2 is 0.900 bits per heavy atom. The SMILES string of the molecule is c1ccc(-c2nc(-c3ccc4c(ccc5c4c4ccccc4c4sc6ccccc6c54)c3)nc(-c3ccc4sc5ccccc5c4c3)n2)cc1. The molecule has 0 aliphatic carbocycles. The summed E-state index contributed by atoms with van der Waals surface area (Å²) in [7, 11) is 0. The van der Waals surface area contributed by atoms with Crippen LogP contribution in [0.5, 0.6) is 0 Å². The van der Waals surface area contributed by atoms with Crippen LogP contribution in [0.3, 0.4) is 0 Å². The lowest BCUT2D eigenvalue weighted by molar-refractivity contribution is 1.08. The first kappa shape index (κ1) is 27.9. The summed E-state index contributed by atoms with van der Waals surface area (Å²) in [6.07, 6.45) is 0. The second-order valence-corrected chi connectivity index (χ2v) is 14.9. The number of hydrogen-bond acceptors (Lipinski definition) is 5. The van der Waals surface area contributed by atoms with E-state index in [0.29, 0.717) is 17.5 Å². The fraction of sp³-hybridized carbons (Fsp3) is 0. The van der Waals surface area contributed by atoms with Gasteiger partial charge in [0.1, 0.15) is 0 Å². The van der Waals surface area contributed by atoms with Gasteiger partial charge in [-0.2, -0.15) is 0 Å². The van der Waals surface area contributed by atoms with Crippen LogP contribution in [-0.4, -0.2) is 15.0 Å². The van der Waals surface area contributed by atoms with Gasteiger partial charge < -0.3 is 0 Å². The maximum atomic E-state index is 5.14. The second-order valence-electron chi connectivity index (χ2n) is 12.8. The van der Waals surface area contributed by atoms with E-state index in [1.54, 1.807) is 0 Å². The van der Waals surface area contributed by atoms with Gasteiger partial charge in [0.25, 0.3) is 0 Å². The van der Waals surface area contributed by atoms with Crippen LogP contribution in [0, 0.1) is 0 Å². The van der Waals surface area contributed by atoms with Crippen LogP contribution in [0.2, 0.25) is 0 Å². The highest BCUT2D eigenvalue weighted by Crippen LogP contribution is 2.46. The van der Waals surface area contributed by atoms with Gasteiger partial charge in [-0.1, -0.05) is 115 Å². The van der Waals surface area contributed by atoms with Crippen molar-refractivity contribution in [2.75, 3.05) is 0 Å². The molecule has 8 aromatic carbocycles. The molecule has 232 valence electrons. The summed E-state index contributed by atoms with van der Waals surface area (Å²) in [5.74, 6) is 2.00. The molecule has 50 heavy (non-hydrogen) atoms. The maximum Gasteiger partial charge on any atom is 0.164 e. The molecule has 0 saturated carbocycles. The lowest BCUT2D eigenvalue weighted by Gasteiger charge is -2.12. The Morgan fingerprint density at radius 1 is 0.320 bits per heavy atom. The molecule has 11 aromatic rings. The number of benzene rings is 8. The largest absolute Gasteiger partial charge is 0.208 e.